The van der Waals surface area contributed by atoms with Crippen LogP contribution in [0, 0.1) is 25.2 Å². The average Bonchev–Trinajstić information content (AvgIpc) is 2.69. The van der Waals surface area contributed by atoms with E-state index in [-0.39, 0.29) is 11.7 Å². The second-order valence-electron chi connectivity index (χ2n) is 6.81. The monoisotopic (exact) mass is 412 g/mol. The molecule has 1 amide bonds. The third kappa shape index (κ3) is 5.75. The van der Waals surface area contributed by atoms with E-state index in [1.54, 1.807) is 12.1 Å². The number of benzene rings is 2. The van der Waals surface area contributed by atoms with Crippen molar-refractivity contribution in [2.45, 2.75) is 40.2 Å². The molecule has 0 saturated heterocycles. The number of halogens is 1. The molecular weight excluding hydrogens is 388 g/mol. The van der Waals surface area contributed by atoms with Gasteiger partial charge in [-0.05, 0) is 62.6 Å². The van der Waals surface area contributed by atoms with Gasteiger partial charge in [0.05, 0.1) is 18.2 Å². The lowest BCUT2D eigenvalue weighted by Gasteiger charge is -2.17. The Morgan fingerprint density at radius 1 is 1.31 bits per heavy atom. The first-order valence-corrected chi connectivity index (χ1v) is 9.71. The molecule has 2 aromatic carbocycles. The molecule has 0 aliphatic rings. The predicted molar refractivity (Wildman–Crippen MR) is 117 cm³/mol. The zero-order chi connectivity index (χ0) is 21.6. The summed E-state index contributed by atoms with van der Waals surface area (Å²) in [4.78, 5) is 12.6. The quantitative estimate of drug-likeness (QED) is 0.468. The summed E-state index contributed by atoms with van der Waals surface area (Å²) in [6.07, 6.45) is 2.26. The Morgan fingerprint density at radius 2 is 2.03 bits per heavy atom. The Balaban J connectivity index is 2.33. The highest BCUT2D eigenvalue weighted by atomic mass is 35.5. The second-order valence-corrected chi connectivity index (χ2v) is 7.22. The maximum absolute atomic E-state index is 12.6. The van der Waals surface area contributed by atoms with Gasteiger partial charge in [0.1, 0.15) is 11.6 Å². The van der Waals surface area contributed by atoms with Crippen molar-refractivity contribution in [2.24, 2.45) is 0 Å². The summed E-state index contributed by atoms with van der Waals surface area (Å²) >= 11 is 6.37. The number of nitrogens with one attached hydrogen (secondary N) is 1. The van der Waals surface area contributed by atoms with Gasteiger partial charge >= 0.3 is 0 Å². The van der Waals surface area contributed by atoms with Crippen LogP contribution >= 0.6 is 11.6 Å². The van der Waals surface area contributed by atoms with Crippen molar-refractivity contribution in [3.8, 4) is 17.6 Å². The Labute approximate surface area is 176 Å². The van der Waals surface area contributed by atoms with E-state index in [1.807, 2.05) is 52.0 Å². The van der Waals surface area contributed by atoms with Gasteiger partial charge in [-0.3, -0.25) is 4.79 Å². The molecule has 1 N–H and O–H groups in total. The molecule has 0 bridgehead atoms. The van der Waals surface area contributed by atoms with Gasteiger partial charge in [0.15, 0.2) is 11.5 Å². The molecule has 6 heteroatoms. The lowest BCUT2D eigenvalue weighted by molar-refractivity contribution is -0.112. The maximum Gasteiger partial charge on any atom is 0.266 e. The first-order valence-electron chi connectivity index (χ1n) is 9.33. The molecule has 0 aliphatic heterocycles. The van der Waals surface area contributed by atoms with E-state index in [0.29, 0.717) is 27.8 Å². The van der Waals surface area contributed by atoms with Gasteiger partial charge in [0, 0.05) is 5.69 Å². The molecule has 0 radical (unpaired) electrons. The van der Waals surface area contributed by atoms with Crippen molar-refractivity contribution in [2.75, 3.05) is 12.4 Å². The molecule has 152 valence electrons. The number of ether oxygens (including phenoxy) is 2. The molecule has 5 nitrogen and oxygen atoms in total. The highest BCUT2D eigenvalue weighted by Crippen LogP contribution is 2.38. The van der Waals surface area contributed by atoms with Crippen LogP contribution in [0.2, 0.25) is 5.02 Å². The van der Waals surface area contributed by atoms with E-state index in [1.165, 1.54) is 13.2 Å². The topological polar surface area (TPSA) is 71.3 Å². The first kappa shape index (κ1) is 22.3. The summed E-state index contributed by atoms with van der Waals surface area (Å²) in [6, 6.07) is 11.0. The number of nitrogens with zero attached hydrogens (tertiary/aromatic N) is 1. The van der Waals surface area contributed by atoms with Crippen molar-refractivity contribution < 1.29 is 14.3 Å². The van der Waals surface area contributed by atoms with E-state index in [0.717, 1.165) is 17.5 Å². The Bertz CT molecular complexity index is 977. The van der Waals surface area contributed by atoms with Crippen LogP contribution in [0.5, 0.6) is 11.5 Å². The molecule has 0 unspecified atom stereocenters. The number of carbonyl (C=O) groups is 1. The molecule has 0 aliphatic carbocycles. The number of anilines is 1. The van der Waals surface area contributed by atoms with Gasteiger partial charge in [0.25, 0.3) is 5.91 Å². The van der Waals surface area contributed by atoms with Crippen molar-refractivity contribution in [3.63, 3.8) is 0 Å². The molecule has 2 aromatic rings. The Hall–Kier alpha value is -2.97. The summed E-state index contributed by atoms with van der Waals surface area (Å²) in [6.45, 7) is 7.83. The van der Waals surface area contributed by atoms with Crippen LogP contribution < -0.4 is 14.8 Å². The standard InChI is InChI=1S/C23H25ClN2O3/c1-6-16(4)29-22-19(24)11-17(12-21(22)28-5)10-18(13-25)23(27)26-20-8-7-14(2)9-15(20)3/h7-12,16H,6H2,1-5H3,(H,26,27)/b18-10-/t16-/m1/s1. The smallest absolute Gasteiger partial charge is 0.266 e. The van der Waals surface area contributed by atoms with Crippen molar-refractivity contribution in [1.29, 1.82) is 5.26 Å². The fourth-order valence-electron chi connectivity index (χ4n) is 2.68. The minimum atomic E-state index is -0.491. The molecule has 2 rings (SSSR count). The second kappa shape index (κ2) is 9.99. The number of carbonyl (C=O) groups excluding carboxylic acids is 1. The summed E-state index contributed by atoms with van der Waals surface area (Å²) in [7, 11) is 1.51. The number of rotatable bonds is 7. The van der Waals surface area contributed by atoms with Crippen LogP contribution in [-0.4, -0.2) is 19.1 Å². The van der Waals surface area contributed by atoms with Crippen LogP contribution in [-0.2, 0) is 4.79 Å². The number of hydrogen-bond donors (Lipinski definition) is 1. The van der Waals surface area contributed by atoms with Crippen LogP contribution in [0.25, 0.3) is 6.08 Å². The normalized spacial score (nSPS) is 12.1. The van der Waals surface area contributed by atoms with E-state index in [2.05, 4.69) is 5.32 Å². The molecule has 29 heavy (non-hydrogen) atoms. The third-order valence-corrected chi connectivity index (χ3v) is 4.73. The predicted octanol–water partition coefficient (Wildman–Crippen LogP) is 5.69. The van der Waals surface area contributed by atoms with Crippen molar-refractivity contribution in [1.82, 2.24) is 0 Å². The number of hydrogen-bond acceptors (Lipinski definition) is 4. The van der Waals surface area contributed by atoms with E-state index in [4.69, 9.17) is 21.1 Å². The van der Waals surface area contributed by atoms with Crippen LogP contribution in [0.4, 0.5) is 5.69 Å². The minimum absolute atomic E-state index is 0.0269. The number of nitriles is 1. The van der Waals surface area contributed by atoms with Gasteiger partial charge in [-0.25, -0.2) is 0 Å². The molecule has 0 saturated carbocycles. The summed E-state index contributed by atoms with van der Waals surface area (Å²) < 4.78 is 11.2. The molecule has 0 spiro atoms. The average molecular weight is 413 g/mol. The van der Waals surface area contributed by atoms with E-state index in [9.17, 15) is 10.1 Å². The zero-order valence-corrected chi connectivity index (χ0v) is 18.1. The molecule has 0 heterocycles. The molecule has 0 aromatic heterocycles. The van der Waals surface area contributed by atoms with Gasteiger partial charge in [-0.15, -0.1) is 0 Å². The Morgan fingerprint density at radius 3 is 2.62 bits per heavy atom. The fourth-order valence-corrected chi connectivity index (χ4v) is 2.94. The van der Waals surface area contributed by atoms with Crippen LogP contribution in [0.1, 0.15) is 37.0 Å². The molecule has 1 atom stereocenters. The van der Waals surface area contributed by atoms with Gasteiger partial charge in [0.2, 0.25) is 0 Å². The summed E-state index contributed by atoms with van der Waals surface area (Å²) in [5.41, 5.74) is 3.20. The van der Waals surface area contributed by atoms with E-state index < -0.39 is 5.91 Å². The fraction of sp³-hybridized carbons (Fsp3) is 0.304. The van der Waals surface area contributed by atoms with Crippen molar-refractivity contribution >= 4 is 29.3 Å². The summed E-state index contributed by atoms with van der Waals surface area (Å²) in [5, 5.41) is 12.6. The lowest BCUT2D eigenvalue weighted by atomic mass is 10.1. The van der Waals surface area contributed by atoms with Crippen LogP contribution in [0.15, 0.2) is 35.9 Å². The van der Waals surface area contributed by atoms with Crippen LogP contribution in [0.3, 0.4) is 0 Å². The number of amides is 1. The summed E-state index contributed by atoms with van der Waals surface area (Å²) in [5.74, 6) is 0.393. The molecule has 0 fully saturated rings. The highest BCUT2D eigenvalue weighted by Gasteiger charge is 2.16. The van der Waals surface area contributed by atoms with Crippen molar-refractivity contribution in [3.05, 3.63) is 57.6 Å². The largest absolute Gasteiger partial charge is 0.493 e. The maximum atomic E-state index is 12.6. The van der Waals surface area contributed by atoms with Gasteiger partial charge < -0.3 is 14.8 Å². The minimum Gasteiger partial charge on any atom is -0.493 e. The zero-order valence-electron chi connectivity index (χ0n) is 17.3. The number of methoxy groups -OCH3 is 1. The molecular formula is C23H25ClN2O3. The van der Waals surface area contributed by atoms with Gasteiger partial charge in [-0.2, -0.15) is 5.26 Å². The van der Waals surface area contributed by atoms with Gasteiger partial charge in [-0.1, -0.05) is 36.2 Å². The lowest BCUT2D eigenvalue weighted by Crippen LogP contribution is -2.14. The third-order valence-electron chi connectivity index (χ3n) is 4.45. The number of aryl methyl sites for hydroxylation is 2. The van der Waals surface area contributed by atoms with E-state index >= 15 is 0 Å². The first-order chi connectivity index (χ1) is 13.8. The SMILES string of the molecule is CC[C@@H](C)Oc1c(Cl)cc(/C=C(/C#N)C(=O)Nc2ccc(C)cc2C)cc1OC. The Kier molecular flexibility index (Phi) is 7.69. The highest BCUT2D eigenvalue weighted by molar-refractivity contribution is 6.32.